The molecular formula is C16H17F2N3O3S. The van der Waals surface area contributed by atoms with Crippen LogP contribution in [0.2, 0.25) is 0 Å². The maximum atomic E-state index is 12.8. The molecule has 0 unspecified atom stereocenters. The van der Waals surface area contributed by atoms with Crippen LogP contribution >= 0.6 is 0 Å². The average molecular weight is 369 g/mol. The Labute approximate surface area is 143 Å². The van der Waals surface area contributed by atoms with Crippen LogP contribution in [0.3, 0.4) is 0 Å². The van der Waals surface area contributed by atoms with Gasteiger partial charge in [0.15, 0.2) is 5.82 Å². The normalized spacial score (nSPS) is 12.2. The van der Waals surface area contributed by atoms with Crippen molar-refractivity contribution in [2.45, 2.75) is 38.0 Å². The predicted octanol–water partition coefficient (Wildman–Crippen LogP) is 4.16. The molecule has 0 radical (unpaired) electrons. The predicted molar refractivity (Wildman–Crippen MR) is 89.3 cm³/mol. The molecule has 2 aromatic heterocycles. The van der Waals surface area contributed by atoms with Crippen LogP contribution < -0.4 is 4.72 Å². The molecule has 3 aromatic rings. The van der Waals surface area contributed by atoms with Gasteiger partial charge in [0.2, 0.25) is 0 Å². The molecule has 0 saturated heterocycles. The summed E-state index contributed by atoms with van der Waals surface area (Å²) in [5.74, 6) is 0.753. The Hall–Kier alpha value is -2.42. The molecule has 0 bridgehead atoms. The number of benzene rings is 1. The summed E-state index contributed by atoms with van der Waals surface area (Å²) in [6.07, 6.45) is 0.145. The second-order valence-corrected chi connectivity index (χ2v) is 7.34. The summed E-state index contributed by atoms with van der Waals surface area (Å²) in [5.41, 5.74) is 0.773. The number of aryl methyl sites for hydroxylation is 1. The maximum Gasteiger partial charge on any atom is 0.265 e. The van der Waals surface area contributed by atoms with Crippen LogP contribution in [0.5, 0.6) is 0 Å². The van der Waals surface area contributed by atoms with Crippen molar-refractivity contribution in [3.05, 3.63) is 41.3 Å². The summed E-state index contributed by atoms with van der Waals surface area (Å²) < 4.78 is 58.4. The van der Waals surface area contributed by atoms with Crippen LogP contribution in [-0.2, 0) is 16.4 Å². The van der Waals surface area contributed by atoms with E-state index in [1.54, 1.807) is 6.92 Å². The zero-order valence-electron chi connectivity index (χ0n) is 13.6. The van der Waals surface area contributed by atoms with Crippen molar-refractivity contribution in [3.8, 4) is 0 Å². The van der Waals surface area contributed by atoms with E-state index in [-0.39, 0.29) is 16.3 Å². The minimum Gasteiger partial charge on any atom is -0.360 e. The number of fused-ring (bicyclic) bond motifs is 1. The van der Waals surface area contributed by atoms with Crippen molar-refractivity contribution in [2.24, 2.45) is 0 Å². The highest BCUT2D eigenvalue weighted by molar-refractivity contribution is 7.93. The molecule has 0 aliphatic heterocycles. The first kappa shape index (κ1) is 17.4. The van der Waals surface area contributed by atoms with Crippen molar-refractivity contribution >= 4 is 26.7 Å². The Morgan fingerprint density at radius 3 is 2.80 bits per heavy atom. The SMILES string of the molecule is CCCc1onc(NS(=O)(=O)c2c[nH]c3cc(C(F)F)ccc23)c1C. The Bertz CT molecular complexity index is 1010. The van der Waals surface area contributed by atoms with Gasteiger partial charge in [-0.05, 0) is 19.4 Å². The number of rotatable bonds is 6. The molecule has 0 spiro atoms. The van der Waals surface area contributed by atoms with Gasteiger partial charge in [-0.1, -0.05) is 24.2 Å². The van der Waals surface area contributed by atoms with Gasteiger partial charge in [0.25, 0.3) is 16.4 Å². The highest BCUT2D eigenvalue weighted by Gasteiger charge is 2.23. The van der Waals surface area contributed by atoms with Gasteiger partial charge in [0.05, 0.1) is 0 Å². The fraction of sp³-hybridized carbons (Fsp3) is 0.312. The number of hydrogen-bond donors (Lipinski definition) is 2. The Balaban J connectivity index is 1.96. The second kappa shape index (κ2) is 6.47. The quantitative estimate of drug-likeness (QED) is 0.683. The number of halogens is 2. The first-order chi connectivity index (χ1) is 11.8. The minimum absolute atomic E-state index is 0.0391. The molecule has 134 valence electrons. The van der Waals surface area contributed by atoms with E-state index in [0.717, 1.165) is 6.42 Å². The highest BCUT2D eigenvalue weighted by Crippen LogP contribution is 2.29. The first-order valence-electron chi connectivity index (χ1n) is 7.70. The number of anilines is 1. The molecule has 2 heterocycles. The monoisotopic (exact) mass is 369 g/mol. The number of H-pyrrole nitrogens is 1. The molecule has 2 N–H and O–H groups in total. The zero-order chi connectivity index (χ0) is 18.2. The molecule has 6 nitrogen and oxygen atoms in total. The van der Waals surface area contributed by atoms with Gasteiger partial charge in [-0.2, -0.15) is 0 Å². The van der Waals surface area contributed by atoms with Gasteiger partial charge in [-0.15, -0.1) is 0 Å². The minimum atomic E-state index is -3.95. The molecule has 9 heteroatoms. The van der Waals surface area contributed by atoms with E-state index in [2.05, 4.69) is 14.9 Å². The summed E-state index contributed by atoms with van der Waals surface area (Å²) in [4.78, 5) is 2.68. The maximum absolute atomic E-state index is 12.8. The largest absolute Gasteiger partial charge is 0.360 e. The second-order valence-electron chi connectivity index (χ2n) is 5.69. The van der Waals surface area contributed by atoms with Crippen molar-refractivity contribution < 1.29 is 21.7 Å². The number of nitrogens with zero attached hydrogens (tertiary/aromatic N) is 1. The van der Waals surface area contributed by atoms with E-state index in [1.807, 2.05) is 6.92 Å². The summed E-state index contributed by atoms with van der Waals surface area (Å²) in [6, 6.07) is 3.81. The van der Waals surface area contributed by atoms with Crippen LogP contribution in [0.1, 0.15) is 36.7 Å². The molecule has 1 aromatic carbocycles. The lowest BCUT2D eigenvalue weighted by atomic mass is 10.2. The lowest BCUT2D eigenvalue weighted by Gasteiger charge is -2.05. The number of aromatic amines is 1. The molecule has 3 rings (SSSR count). The molecule has 0 amide bonds. The topological polar surface area (TPSA) is 88.0 Å². The Morgan fingerprint density at radius 1 is 1.36 bits per heavy atom. The lowest BCUT2D eigenvalue weighted by Crippen LogP contribution is -2.13. The fourth-order valence-corrected chi connectivity index (χ4v) is 3.82. The highest BCUT2D eigenvalue weighted by atomic mass is 32.2. The third-order valence-electron chi connectivity index (χ3n) is 3.94. The number of aromatic nitrogens is 2. The molecular weight excluding hydrogens is 352 g/mol. The summed E-state index contributed by atoms with van der Waals surface area (Å²) in [6.45, 7) is 3.70. The van der Waals surface area contributed by atoms with Gasteiger partial charge in [-0.3, -0.25) is 4.72 Å². The summed E-state index contributed by atoms with van der Waals surface area (Å²) >= 11 is 0. The number of hydrogen-bond acceptors (Lipinski definition) is 4. The standard InChI is InChI=1S/C16H17F2N3O3S/c1-3-4-13-9(2)16(20-24-13)21-25(22,23)14-8-19-12-7-10(15(17)18)5-6-11(12)14/h5-8,15,19H,3-4H2,1-2H3,(H,20,21). The van der Waals surface area contributed by atoms with Crippen molar-refractivity contribution in [1.29, 1.82) is 0 Å². The van der Waals surface area contributed by atoms with Gasteiger partial charge in [0.1, 0.15) is 10.7 Å². The Morgan fingerprint density at radius 2 is 2.12 bits per heavy atom. The molecule has 0 aliphatic rings. The van der Waals surface area contributed by atoms with E-state index in [0.29, 0.717) is 28.6 Å². The van der Waals surface area contributed by atoms with E-state index in [1.165, 1.54) is 24.4 Å². The summed E-state index contributed by atoms with van der Waals surface area (Å²) in [7, 11) is -3.95. The Kier molecular flexibility index (Phi) is 4.51. The van der Waals surface area contributed by atoms with Crippen molar-refractivity contribution in [3.63, 3.8) is 0 Å². The third-order valence-corrected chi connectivity index (χ3v) is 5.32. The van der Waals surface area contributed by atoms with E-state index in [9.17, 15) is 17.2 Å². The van der Waals surface area contributed by atoms with Crippen LogP contribution in [0, 0.1) is 6.92 Å². The third kappa shape index (κ3) is 3.23. The number of alkyl halides is 2. The van der Waals surface area contributed by atoms with Crippen molar-refractivity contribution in [2.75, 3.05) is 4.72 Å². The summed E-state index contributed by atoms with van der Waals surface area (Å²) in [5, 5.41) is 4.10. The van der Waals surface area contributed by atoms with Gasteiger partial charge in [0, 0.05) is 34.6 Å². The van der Waals surface area contributed by atoms with E-state index < -0.39 is 16.4 Å². The molecule has 0 saturated carbocycles. The van der Waals surface area contributed by atoms with Crippen LogP contribution in [0.15, 0.2) is 33.8 Å². The molecule has 0 atom stereocenters. The van der Waals surface area contributed by atoms with E-state index in [4.69, 9.17) is 4.52 Å². The smallest absolute Gasteiger partial charge is 0.265 e. The van der Waals surface area contributed by atoms with Crippen LogP contribution in [0.4, 0.5) is 14.6 Å². The fourth-order valence-electron chi connectivity index (χ4n) is 2.58. The van der Waals surface area contributed by atoms with Gasteiger partial charge < -0.3 is 9.51 Å². The molecule has 0 aliphatic carbocycles. The van der Waals surface area contributed by atoms with Crippen LogP contribution in [0.25, 0.3) is 10.9 Å². The number of sulfonamides is 1. The molecule has 0 fully saturated rings. The van der Waals surface area contributed by atoms with Gasteiger partial charge in [-0.25, -0.2) is 17.2 Å². The average Bonchev–Trinajstić information content (AvgIpc) is 3.13. The number of nitrogens with one attached hydrogen (secondary N) is 2. The van der Waals surface area contributed by atoms with Gasteiger partial charge >= 0.3 is 0 Å². The van der Waals surface area contributed by atoms with Crippen molar-refractivity contribution in [1.82, 2.24) is 10.1 Å². The zero-order valence-corrected chi connectivity index (χ0v) is 14.5. The van der Waals surface area contributed by atoms with E-state index >= 15 is 0 Å². The first-order valence-corrected chi connectivity index (χ1v) is 9.19. The lowest BCUT2D eigenvalue weighted by molar-refractivity contribution is 0.151. The molecule has 25 heavy (non-hydrogen) atoms. The van der Waals surface area contributed by atoms with Crippen LogP contribution in [-0.4, -0.2) is 18.6 Å².